The van der Waals surface area contributed by atoms with E-state index >= 15 is 8.78 Å². The van der Waals surface area contributed by atoms with Gasteiger partial charge in [-0.25, -0.2) is 18.3 Å². The number of hydrogen-bond acceptors (Lipinski definition) is 11. The third kappa shape index (κ3) is 7.23. The minimum atomic E-state index is -5.48. The van der Waals surface area contributed by atoms with Crippen molar-refractivity contribution in [2.24, 2.45) is 0 Å². The maximum Gasteiger partial charge on any atom is 0.470 e. The van der Waals surface area contributed by atoms with E-state index in [1.54, 1.807) is 24.3 Å². The van der Waals surface area contributed by atoms with Crippen LogP contribution >= 0.6 is 7.82 Å². The van der Waals surface area contributed by atoms with Gasteiger partial charge in [-0.15, -0.1) is 10.2 Å². The molecule has 6 aromatic rings. The summed E-state index contributed by atoms with van der Waals surface area (Å²) < 4.78 is 104. The third-order valence-corrected chi connectivity index (χ3v) is 10.3. The van der Waals surface area contributed by atoms with Crippen LogP contribution in [0.25, 0.3) is 28.2 Å². The number of nitrogens with zero attached hydrogens (tertiary/aromatic N) is 10. The van der Waals surface area contributed by atoms with Crippen LogP contribution in [-0.4, -0.2) is 87.4 Å². The standard InChI is InChI=1S/C35H29F6N10O5P/c36-23-4-11-28-27(17-23)32-44-45-47-51(32)20-33(28,52)34(37,38)30-12-3-22(18-42-30)21-1-5-24(6-2-21)48-13-15-49(16-14-48)25-7-9-26(10-8-25)50-19-29(43-46-50)31(35(39,40)41)56-57(53,54)55/h1-12,17-19,31,52H,13-16,20H2,(H2,53,54,55)/t31?,33-/m0/s1. The number of aromatic nitrogens is 8. The number of benzene rings is 3. The summed E-state index contributed by atoms with van der Waals surface area (Å²) in [6, 6.07) is 20.0. The fourth-order valence-electron chi connectivity index (χ4n) is 6.94. The Hall–Kier alpha value is -5.73. The van der Waals surface area contributed by atoms with Gasteiger partial charge < -0.3 is 24.7 Å². The summed E-state index contributed by atoms with van der Waals surface area (Å²) >= 11 is 0. The second-order valence-electron chi connectivity index (χ2n) is 13.4. The molecule has 0 spiro atoms. The molecular formula is C35H29F6N10O5P. The zero-order chi connectivity index (χ0) is 40.3. The van der Waals surface area contributed by atoms with Crippen molar-refractivity contribution >= 4 is 19.2 Å². The Kier molecular flexibility index (Phi) is 9.39. The van der Waals surface area contributed by atoms with Crippen LogP contribution in [0.3, 0.4) is 0 Å². The van der Waals surface area contributed by atoms with Crippen molar-refractivity contribution in [3.05, 3.63) is 114 Å². The highest BCUT2D eigenvalue weighted by molar-refractivity contribution is 7.46. The number of rotatable bonds is 9. The van der Waals surface area contributed by atoms with E-state index in [-0.39, 0.29) is 17.0 Å². The molecule has 0 bridgehead atoms. The minimum Gasteiger partial charge on any atom is -0.377 e. The van der Waals surface area contributed by atoms with Crippen molar-refractivity contribution in [1.82, 2.24) is 40.2 Å². The van der Waals surface area contributed by atoms with E-state index in [4.69, 9.17) is 9.79 Å². The summed E-state index contributed by atoms with van der Waals surface area (Å²) in [5.41, 5.74) is -1.18. The second kappa shape index (κ2) is 14.0. The van der Waals surface area contributed by atoms with Crippen LogP contribution in [0.5, 0.6) is 0 Å². The molecular weight excluding hydrogens is 785 g/mol. The van der Waals surface area contributed by atoms with E-state index in [0.717, 1.165) is 56.8 Å². The van der Waals surface area contributed by atoms with Gasteiger partial charge in [0.05, 0.1) is 18.4 Å². The lowest BCUT2D eigenvalue weighted by atomic mass is 9.80. The summed E-state index contributed by atoms with van der Waals surface area (Å²) in [6.45, 7) is 1.91. The van der Waals surface area contributed by atoms with Crippen molar-refractivity contribution in [3.63, 3.8) is 0 Å². The second-order valence-corrected chi connectivity index (χ2v) is 14.6. The van der Waals surface area contributed by atoms with Crippen LogP contribution in [0.15, 0.2) is 91.3 Å². The molecule has 1 unspecified atom stereocenters. The molecule has 0 amide bonds. The van der Waals surface area contributed by atoms with Crippen molar-refractivity contribution in [1.29, 1.82) is 0 Å². The molecule has 5 heterocycles. The molecule has 296 valence electrons. The number of fused-ring (bicyclic) bond motifs is 3. The van der Waals surface area contributed by atoms with Crippen molar-refractivity contribution in [3.8, 4) is 28.2 Å². The van der Waals surface area contributed by atoms with E-state index < -0.39 is 55.4 Å². The number of piperazine rings is 1. The van der Waals surface area contributed by atoms with Gasteiger partial charge in [0.2, 0.25) is 6.10 Å². The average Bonchev–Trinajstić information content (AvgIpc) is 3.87. The maximum atomic E-state index is 16.2. The maximum absolute atomic E-state index is 16.2. The van der Waals surface area contributed by atoms with Gasteiger partial charge >= 0.3 is 19.9 Å². The Labute approximate surface area is 318 Å². The highest BCUT2D eigenvalue weighted by atomic mass is 31.2. The van der Waals surface area contributed by atoms with E-state index in [0.29, 0.717) is 37.4 Å². The smallest absolute Gasteiger partial charge is 0.377 e. The summed E-state index contributed by atoms with van der Waals surface area (Å²) in [7, 11) is -5.48. The first-order valence-electron chi connectivity index (χ1n) is 17.1. The first-order valence-corrected chi connectivity index (χ1v) is 18.6. The van der Waals surface area contributed by atoms with Crippen LogP contribution < -0.4 is 9.80 Å². The average molecular weight is 815 g/mol. The van der Waals surface area contributed by atoms with E-state index in [1.807, 2.05) is 24.3 Å². The predicted octanol–water partition coefficient (Wildman–Crippen LogP) is 5.15. The first kappa shape index (κ1) is 38.2. The number of phosphoric ester groups is 1. The molecule has 0 aliphatic carbocycles. The number of aliphatic hydroxyl groups is 1. The minimum absolute atomic E-state index is 0.0475. The zero-order valence-electron chi connectivity index (χ0n) is 29.1. The topological polar surface area (TPSA) is 181 Å². The van der Waals surface area contributed by atoms with Gasteiger partial charge in [0, 0.05) is 60.4 Å². The quantitative estimate of drug-likeness (QED) is 0.129. The molecule has 57 heavy (non-hydrogen) atoms. The fraction of sp³-hybridized carbons (Fsp3) is 0.257. The molecule has 15 nitrogen and oxygen atoms in total. The Morgan fingerprint density at radius 2 is 1.40 bits per heavy atom. The number of pyridine rings is 1. The molecule has 3 aromatic heterocycles. The molecule has 0 radical (unpaired) electrons. The summed E-state index contributed by atoms with van der Waals surface area (Å²) in [5, 5.41) is 29.6. The molecule has 3 N–H and O–H groups in total. The van der Waals surface area contributed by atoms with Crippen LogP contribution in [0.1, 0.15) is 23.1 Å². The van der Waals surface area contributed by atoms with E-state index in [1.165, 1.54) is 12.3 Å². The molecule has 1 saturated heterocycles. The normalized spacial score (nSPS) is 18.0. The Bertz CT molecular complexity index is 2450. The molecule has 8 rings (SSSR count). The van der Waals surface area contributed by atoms with Gasteiger partial charge in [-0.05, 0) is 70.6 Å². The van der Waals surface area contributed by atoms with Crippen molar-refractivity contribution in [2.75, 3.05) is 36.0 Å². The molecule has 22 heteroatoms. The molecule has 3 aromatic carbocycles. The van der Waals surface area contributed by atoms with Crippen LogP contribution in [0.4, 0.5) is 37.7 Å². The highest BCUT2D eigenvalue weighted by Gasteiger charge is 2.59. The van der Waals surface area contributed by atoms with E-state index in [2.05, 4.69) is 45.1 Å². The number of anilines is 2. The molecule has 1 fully saturated rings. The summed E-state index contributed by atoms with van der Waals surface area (Å²) in [4.78, 5) is 26.2. The van der Waals surface area contributed by atoms with E-state index in [9.17, 15) is 27.2 Å². The van der Waals surface area contributed by atoms with Crippen LogP contribution in [-0.2, 0) is 27.2 Å². The van der Waals surface area contributed by atoms with Crippen molar-refractivity contribution < 1.29 is 50.3 Å². The largest absolute Gasteiger partial charge is 0.470 e. The van der Waals surface area contributed by atoms with Gasteiger partial charge in [-0.1, -0.05) is 29.5 Å². The van der Waals surface area contributed by atoms with Gasteiger partial charge in [-0.2, -0.15) is 22.0 Å². The lowest BCUT2D eigenvalue weighted by Gasteiger charge is -2.39. The highest BCUT2D eigenvalue weighted by Crippen LogP contribution is 2.51. The Morgan fingerprint density at radius 3 is 2.00 bits per heavy atom. The summed E-state index contributed by atoms with van der Waals surface area (Å²) in [5.74, 6) is -4.57. The lowest BCUT2D eigenvalue weighted by Crippen LogP contribution is -2.49. The van der Waals surface area contributed by atoms with Crippen LogP contribution in [0.2, 0.25) is 0 Å². The summed E-state index contributed by atoms with van der Waals surface area (Å²) in [6.07, 6.45) is -5.93. The van der Waals surface area contributed by atoms with Gasteiger partial charge in [-0.3, -0.25) is 9.51 Å². The van der Waals surface area contributed by atoms with Gasteiger partial charge in [0.15, 0.2) is 11.4 Å². The van der Waals surface area contributed by atoms with Gasteiger partial charge in [0.25, 0.3) is 0 Å². The number of hydrogen-bond donors (Lipinski definition) is 3. The molecule has 2 aliphatic heterocycles. The molecule has 2 atom stereocenters. The third-order valence-electron chi connectivity index (χ3n) is 9.83. The van der Waals surface area contributed by atoms with Crippen molar-refractivity contribution in [2.45, 2.75) is 30.3 Å². The fourth-order valence-corrected chi connectivity index (χ4v) is 7.45. The molecule has 2 aliphatic rings. The number of phosphoric acid groups is 1. The Balaban J connectivity index is 0.901. The monoisotopic (exact) mass is 814 g/mol. The SMILES string of the molecule is O=P(O)(O)OC(c1cn(-c2ccc(N3CCN(c4ccc(-c5ccc(C(F)(F)[C@]6(O)Cn7nnnc7-c7cc(F)ccc76)nc5)cc4)CC3)cc2)nn1)C(F)(F)F. The number of alkyl halides is 5. The number of halogens is 6. The zero-order valence-corrected chi connectivity index (χ0v) is 30.0. The number of tetrazole rings is 1. The first-order chi connectivity index (χ1) is 27.0. The Morgan fingerprint density at radius 1 is 0.789 bits per heavy atom. The predicted molar refractivity (Wildman–Crippen MR) is 188 cm³/mol. The lowest BCUT2D eigenvalue weighted by molar-refractivity contribution is -0.207. The van der Waals surface area contributed by atoms with Crippen LogP contribution in [0, 0.1) is 5.82 Å². The van der Waals surface area contributed by atoms with Gasteiger partial charge in [0.1, 0.15) is 17.2 Å². The molecule has 0 saturated carbocycles.